The van der Waals surface area contributed by atoms with Crippen LogP contribution < -0.4 is 25.4 Å². The van der Waals surface area contributed by atoms with Gasteiger partial charge in [-0.15, -0.1) is 0 Å². The van der Waals surface area contributed by atoms with Gasteiger partial charge >= 0.3 is 0 Å². The van der Waals surface area contributed by atoms with Crippen molar-refractivity contribution in [3.8, 4) is 11.5 Å². The van der Waals surface area contributed by atoms with Crippen molar-refractivity contribution < 1.29 is 14.3 Å². The lowest BCUT2D eigenvalue weighted by atomic mass is 10.1. The van der Waals surface area contributed by atoms with Crippen LogP contribution in [0.25, 0.3) is 6.08 Å². The zero-order valence-electron chi connectivity index (χ0n) is 19.9. The van der Waals surface area contributed by atoms with Crippen LogP contribution in [0.4, 0.5) is 22.9 Å². The molecule has 0 aliphatic carbocycles. The molecule has 3 aromatic rings. The van der Waals surface area contributed by atoms with Gasteiger partial charge in [0.05, 0.1) is 25.6 Å². The summed E-state index contributed by atoms with van der Waals surface area (Å²) in [5, 5.41) is 9.46. The number of aryl methyl sites for hydroxylation is 3. The molecule has 1 heterocycles. The summed E-state index contributed by atoms with van der Waals surface area (Å²) in [5.41, 5.74) is 6.24. The number of rotatable bonds is 8. The van der Waals surface area contributed by atoms with Crippen molar-refractivity contribution in [2.45, 2.75) is 20.8 Å². The lowest BCUT2D eigenvalue weighted by Gasteiger charge is -2.15. The van der Waals surface area contributed by atoms with Gasteiger partial charge in [0.2, 0.25) is 5.91 Å². The monoisotopic (exact) mass is 446 g/mol. The van der Waals surface area contributed by atoms with Gasteiger partial charge in [-0.3, -0.25) is 4.79 Å². The van der Waals surface area contributed by atoms with E-state index in [1.807, 2.05) is 64.2 Å². The van der Waals surface area contributed by atoms with Crippen LogP contribution in [-0.4, -0.2) is 32.2 Å². The highest BCUT2D eigenvalue weighted by Crippen LogP contribution is 2.35. The molecule has 0 bridgehead atoms. The number of carbonyl (C=O) groups is 1. The second-order valence-electron chi connectivity index (χ2n) is 7.62. The van der Waals surface area contributed by atoms with E-state index in [0.717, 1.165) is 39.3 Å². The van der Waals surface area contributed by atoms with E-state index in [0.29, 0.717) is 17.3 Å². The largest absolute Gasteiger partial charge is 0.493 e. The van der Waals surface area contributed by atoms with E-state index in [-0.39, 0.29) is 5.91 Å². The van der Waals surface area contributed by atoms with Crippen molar-refractivity contribution in [2.24, 2.45) is 0 Å². The van der Waals surface area contributed by atoms with Gasteiger partial charge in [-0.2, -0.15) is 0 Å². The first-order valence-electron chi connectivity index (χ1n) is 10.6. The minimum Gasteiger partial charge on any atom is -0.493 e. The van der Waals surface area contributed by atoms with Crippen molar-refractivity contribution in [1.82, 2.24) is 4.98 Å². The summed E-state index contributed by atoms with van der Waals surface area (Å²) in [6, 6.07) is 11.5. The van der Waals surface area contributed by atoms with E-state index in [4.69, 9.17) is 9.47 Å². The topological polar surface area (TPSA) is 84.5 Å². The normalized spacial score (nSPS) is 10.7. The maximum atomic E-state index is 12.7. The Morgan fingerprint density at radius 2 is 1.70 bits per heavy atom. The number of hydrogen-bond donors (Lipinski definition) is 3. The molecule has 172 valence electrons. The van der Waals surface area contributed by atoms with Crippen LogP contribution in [-0.2, 0) is 4.79 Å². The fraction of sp³-hybridized carbons (Fsp3) is 0.231. The van der Waals surface area contributed by atoms with Gasteiger partial charge in [0, 0.05) is 36.6 Å². The minimum absolute atomic E-state index is 0.225. The van der Waals surface area contributed by atoms with Crippen LogP contribution >= 0.6 is 0 Å². The van der Waals surface area contributed by atoms with Gasteiger partial charge in [-0.1, -0.05) is 12.1 Å². The third-order valence-corrected chi connectivity index (χ3v) is 5.30. The predicted molar refractivity (Wildman–Crippen MR) is 135 cm³/mol. The van der Waals surface area contributed by atoms with Crippen LogP contribution in [0.1, 0.15) is 22.3 Å². The number of benzene rings is 2. The van der Waals surface area contributed by atoms with Crippen LogP contribution in [0.15, 0.2) is 48.7 Å². The quantitative estimate of drug-likeness (QED) is 0.399. The van der Waals surface area contributed by atoms with Crippen molar-refractivity contribution in [2.75, 3.05) is 37.2 Å². The fourth-order valence-corrected chi connectivity index (χ4v) is 3.64. The molecule has 0 saturated carbocycles. The Labute approximate surface area is 194 Å². The summed E-state index contributed by atoms with van der Waals surface area (Å²) >= 11 is 0. The molecule has 0 spiro atoms. The summed E-state index contributed by atoms with van der Waals surface area (Å²) in [6.07, 6.45) is 4.94. The zero-order valence-corrected chi connectivity index (χ0v) is 19.9. The number of hydrogen-bond acceptors (Lipinski definition) is 6. The summed E-state index contributed by atoms with van der Waals surface area (Å²) in [6.45, 7) is 5.91. The van der Waals surface area contributed by atoms with Crippen molar-refractivity contribution >= 4 is 34.9 Å². The summed E-state index contributed by atoms with van der Waals surface area (Å²) < 4.78 is 10.9. The van der Waals surface area contributed by atoms with Crippen LogP contribution in [0.5, 0.6) is 11.5 Å². The average Bonchev–Trinajstić information content (AvgIpc) is 2.80. The molecule has 0 aliphatic heterocycles. The van der Waals surface area contributed by atoms with Gasteiger partial charge in [0.25, 0.3) is 0 Å². The minimum atomic E-state index is -0.225. The Morgan fingerprint density at radius 3 is 2.36 bits per heavy atom. The lowest BCUT2D eigenvalue weighted by molar-refractivity contribution is -0.111. The van der Waals surface area contributed by atoms with E-state index in [9.17, 15) is 4.79 Å². The molecule has 7 heteroatoms. The van der Waals surface area contributed by atoms with E-state index in [1.54, 1.807) is 26.5 Å². The summed E-state index contributed by atoms with van der Waals surface area (Å²) in [5.74, 6) is 1.71. The maximum absolute atomic E-state index is 12.7. The highest BCUT2D eigenvalue weighted by molar-refractivity contribution is 6.05. The molecule has 7 nitrogen and oxygen atoms in total. The molecular weight excluding hydrogens is 416 g/mol. The molecule has 2 aromatic carbocycles. The van der Waals surface area contributed by atoms with Gasteiger partial charge in [0.1, 0.15) is 5.82 Å². The average molecular weight is 447 g/mol. The van der Waals surface area contributed by atoms with Crippen LogP contribution in [0.2, 0.25) is 0 Å². The van der Waals surface area contributed by atoms with Gasteiger partial charge in [-0.25, -0.2) is 4.98 Å². The molecule has 0 unspecified atom stereocenters. The van der Waals surface area contributed by atoms with Crippen LogP contribution in [0.3, 0.4) is 0 Å². The van der Waals surface area contributed by atoms with Gasteiger partial charge in [0.15, 0.2) is 11.5 Å². The van der Waals surface area contributed by atoms with Crippen molar-refractivity contribution in [3.63, 3.8) is 0 Å². The highest BCUT2D eigenvalue weighted by atomic mass is 16.5. The first kappa shape index (κ1) is 23.7. The fourth-order valence-electron chi connectivity index (χ4n) is 3.64. The van der Waals surface area contributed by atoms with Crippen molar-refractivity contribution in [3.05, 3.63) is 70.9 Å². The Bertz CT molecular complexity index is 1190. The number of methoxy groups -OCH3 is 2. The number of pyridine rings is 1. The molecule has 0 atom stereocenters. The zero-order chi connectivity index (χ0) is 24.0. The first-order chi connectivity index (χ1) is 15.9. The second kappa shape index (κ2) is 10.5. The number of nitrogens with one attached hydrogen (secondary N) is 3. The molecule has 1 amide bonds. The molecule has 0 saturated heterocycles. The van der Waals surface area contributed by atoms with E-state index in [2.05, 4.69) is 20.9 Å². The van der Waals surface area contributed by atoms with E-state index < -0.39 is 0 Å². The standard InChI is InChI=1S/C26H30N4O3/c1-16-9-10-17(2)24(23(16)27-4)30-22(31)12-11-19-8-7-13-28-26(19)29-20-14-18(3)25(33-6)21(15-20)32-5/h7-15,27H,1-6H3,(H,28,29)(H,30,31)/b12-11+. The van der Waals surface area contributed by atoms with Crippen molar-refractivity contribution in [1.29, 1.82) is 0 Å². The first-order valence-corrected chi connectivity index (χ1v) is 10.6. The smallest absolute Gasteiger partial charge is 0.248 e. The SMILES string of the molecule is CNc1c(C)ccc(C)c1NC(=O)/C=C/c1cccnc1Nc1cc(C)c(OC)c(OC)c1. The Balaban J connectivity index is 1.83. The summed E-state index contributed by atoms with van der Waals surface area (Å²) in [4.78, 5) is 17.1. The number of aromatic nitrogens is 1. The summed E-state index contributed by atoms with van der Waals surface area (Å²) in [7, 11) is 5.06. The number of nitrogens with zero attached hydrogens (tertiary/aromatic N) is 1. The third-order valence-electron chi connectivity index (χ3n) is 5.30. The Morgan fingerprint density at radius 1 is 0.970 bits per heavy atom. The highest BCUT2D eigenvalue weighted by Gasteiger charge is 2.12. The molecular formula is C26H30N4O3. The molecule has 0 fully saturated rings. The lowest BCUT2D eigenvalue weighted by Crippen LogP contribution is -2.11. The second-order valence-corrected chi connectivity index (χ2v) is 7.62. The molecule has 3 N–H and O–H groups in total. The van der Waals surface area contributed by atoms with Gasteiger partial charge < -0.3 is 25.4 Å². The Hall–Kier alpha value is -4.00. The van der Waals surface area contributed by atoms with Gasteiger partial charge in [-0.05, 0) is 61.7 Å². The molecule has 0 radical (unpaired) electrons. The maximum Gasteiger partial charge on any atom is 0.248 e. The van der Waals surface area contributed by atoms with E-state index >= 15 is 0 Å². The Kier molecular flexibility index (Phi) is 7.56. The van der Waals surface area contributed by atoms with Crippen LogP contribution in [0, 0.1) is 20.8 Å². The van der Waals surface area contributed by atoms with E-state index in [1.165, 1.54) is 6.08 Å². The molecule has 33 heavy (non-hydrogen) atoms. The number of carbonyl (C=O) groups excluding carboxylic acids is 1. The third kappa shape index (κ3) is 5.44. The number of anilines is 4. The molecule has 0 aliphatic rings. The molecule has 1 aromatic heterocycles. The predicted octanol–water partition coefficient (Wildman–Crippen LogP) is 5.46. The number of ether oxygens (including phenoxy) is 2. The molecule has 3 rings (SSSR count). The number of amides is 1.